The standard InChI is InChI=1S/C20H23N3O4/c1-14(24)17-13-23(20(27)21(2)19(17)26)12-15-7-6-8-16(11-15)18(25)22-9-4-3-5-10-22/h6-8,11,13H,3-5,9-10,12H2,1-2H3. The Bertz CT molecular complexity index is 997. The smallest absolute Gasteiger partial charge is 0.331 e. The molecule has 2 aromatic rings. The summed E-state index contributed by atoms with van der Waals surface area (Å²) in [5.41, 5.74) is 0.209. The van der Waals surface area contributed by atoms with Gasteiger partial charge < -0.3 is 4.90 Å². The molecule has 0 aliphatic carbocycles. The Kier molecular flexibility index (Phi) is 5.39. The van der Waals surface area contributed by atoms with E-state index in [1.54, 1.807) is 18.2 Å². The fourth-order valence-corrected chi connectivity index (χ4v) is 3.36. The van der Waals surface area contributed by atoms with E-state index in [0.717, 1.165) is 42.5 Å². The summed E-state index contributed by atoms with van der Waals surface area (Å²) in [6, 6.07) is 7.14. The number of ketones is 1. The SMILES string of the molecule is CC(=O)c1cn(Cc2cccc(C(=O)N3CCCCC3)c2)c(=O)n(C)c1=O. The number of likely N-dealkylation sites (tertiary alicyclic amines) is 1. The number of carbonyl (C=O) groups is 2. The van der Waals surface area contributed by atoms with Crippen molar-refractivity contribution < 1.29 is 9.59 Å². The van der Waals surface area contributed by atoms with E-state index in [4.69, 9.17) is 0 Å². The molecule has 0 saturated carbocycles. The molecule has 0 spiro atoms. The number of Topliss-reactive ketones (excluding diaryl/α,β-unsaturated/α-hetero) is 1. The van der Waals surface area contributed by atoms with Crippen molar-refractivity contribution >= 4 is 11.7 Å². The first-order valence-corrected chi connectivity index (χ1v) is 9.08. The zero-order valence-electron chi connectivity index (χ0n) is 15.6. The number of carbonyl (C=O) groups excluding carboxylic acids is 2. The third kappa shape index (κ3) is 3.92. The number of hydrogen-bond acceptors (Lipinski definition) is 4. The van der Waals surface area contributed by atoms with Gasteiger partial charge in [-0.05, 0) is 43.9 Å². The predicted molar refractivity (Wildman–Crippen MR) is 101 cm³/mol. The molecule has 7 heteroatoms. The van der Waals surface area contributed by atoms with Gasteiger partial charge in [0.25, 0.3) is 11.5 Å². The van der Waals surface area contributed by atoms with Gasteiger partial charge in [0.05, 0.1) is 12.1 Å². The van der Waals surface area contributed by atoms with Gasteiger partial charge in [0.1, 0.15) is 0 Å². The number of nitrogens with zero attached hydrogens (tertiary/aromatic N) is 3. The minimum atomic E-state index is -0.599. The summed E-state index contributed by atoms with van der Waals surface area (Å²) in [6.45, 7) is 3.01. The van der Waals surface area contributed by atoms with Crippen LogP contribution in [0.25, 0.3) is 0 Å². The van der Waals surface area contributed by atoms with Gasteiger partial charge in [-0.15, -0.1) is 0 Å². The van der Waals surface area contributed by atoms with Crippen molar-refractivity contribution in [1.82, 2.24) is 14.0 Å². The van der Waals surface area contributed by atoms with Crippen LogP contribution in [0.5, 0.6) is 0 Å². The monoisotopic (exact) mass is 369 g/mol. The first kappa shape index (κ1) is 18.8. The maximum absolute atomic E-state index is 12.7. The highest BCUT2D eigenvalue weighted by Crippen LogP contribution is 2.14. The molecule has 0 unspecified atom stereocenters. The second-order valence-electron chi connectivity index (χ2n) is 6.93. The van der Waals surface area contributed by atoms with Crippen molar-refractivity contribution in [1.29, 1.82) is 0 Å². The molecule has 1 amide bonds. The average molecular weight is 369 g/mol. The van der Waals surface area contributed by atoms with Crippen molar-refractivity contribution in [2.45, 2.75) is 32.7 Å². The molecule has 142 valence electrons. The number of hydrogen-bond donors (Lipinski definition) is 0. The highest BCUT2D eigenvalue weighted by atomic mass is 16.2. The minimum Gasteiger partial charge on any atom is -0.339 e. The highest BCUT2D eigenvalue weighted by molar-refractivity contribution is 5.94. The van der Waals surface area contributed by atoms with E-state index in [1.807, 2.05) is 11.0 Å². The van der Waals surface area contributed by atoms with Crippen LogP contribution in [-0.4, -0.2) is 38.8 Å². The van der Waals surface area contributed by atoms with Crippen LogP contribution in [0.15, 0.2) is 40.1 Å². The van der Waals surface area contributed by atoms with Crippen LogP contribution in [0.1, 0.15) is 52.5 Å². The Morgan fingerprint density at radius 1 is 1.07 bits per heavy atom. The van der Waals surface area contributed by atoms with Gasteiger partial charge in [0.15, 0.2) is 5.78 Å². The van der Waals surface area contributed by atoms with Crippen LogP contribution in [0, 0.1) is 0 Å². The molecule has 1 aromatic heterocycles. The van der Waals surface area contributed by atoms with Crippen molar-refractivity contribution in [3.8, 4) is 0 Å². The van der Waals surface area contributed by atoms with Crippen molar-refractivity contribution in [3.63, 3.8) is 0 Å². The van der Waals surface area contributed by atoms with Crippen LogP contribution < -0.4 is 11.2 Å². The van der Waals surface area contributed by atoms with Gasteiger partial charge in [-0.3, -0.25) is 23.5 Å². The average Bonchev–Trinajstić information content (AvgIpc) is 2.68. The maximum Gasteiger partial charge on any atom is 0.331 e. The lowest BCUT2D eigenvalue weighted by molar-refractivity contribution is 0.0724. The number of piperidine rings is 1. The summed E-state index contributed by atoms with van der Waals surface area (Å²) in [6.07, 6.45) is 4.49. The number of amides is 1. The molecule has 1 aromatic carbocycles. The van der Waals surface area contributed by atoms with E-state index in [9.17, 15) is 19.2 Å². The quantitative estimate of drug-likeness (QED) is 0.764. The first-order valence-electron chi connectivity index (χ1n) is 9.08. The van der Waals surface area contributed by atoms with Crippen LogP contribution in [0.4, 0.5) is 0 Å². The predicted octanol–water partition coefficient (Wildman–Crippen LogP) is 1.42. The summed E-state index contributed by atoms with van der Waals surface area (Å²) in [5, 5.41) is 0. The van der Waals surface area contributed by atoms with Gasteiger partial charge in [0, 0.05) is 31.9 Å². The molecule has 0 N–H and O–H groups in total. The first-order chi connectivity index (χ1) is 12.9. The lowest BCUT2D eigenvalue weighted by Crippen LogP contribution is -2.40. The van der Waals surface area contributed by atoms with Gasteiger partial charge in [0.2, 0.25) is 0 Å². The molecule has 7 nitrogen and oxygen atoms in total. The van der Waals surface area contributed by atoms with Crippen molar-refractivity contribution in [2.75, 3.05) is 13.1 Å². The molecule has 1 aliphatic heterocycles. The summed E-state index contributed by atoms with van der Waals surface area (Å²) >= 11 is 0. The lowest BCUT2D eigenvalue weighted by atomic mass is 10.1. The Labute approximate surface area is 156 Å². The fourth-order valence-electron chi connectivity index (χ4n) is 3.36. The molecule has 1 aliphatic rings. The summed E-state index contributed by atoms with van der Waals surface area (Å²) in [7, 11) is 1.35. The Hall–Kier alpha value is -2.96. The number of rotatable bonds is 4. The zero-order valence-corrected chi connectivity index (χ0v) is 15.6. The third-order valence-electron chi connectivity index (χ3n) is 4.90. The molecule has 27 heavy (non-hydrogen) atoms. The molecular weight excluding hydrogens is 346 g/mol. The Balaban J connectivity index is 1.91. The number of benzene rings is 1. The summed E-state index contributed by atoms with van der Waals surface area (Å²) in [4.78, 5) is 50.6. The summed E-state index contributed by atoms with van der Waals surface area (Å²) in [5.74, 6) is -0.396. The van der Waals surface area contributed by atoms with Gasteiger partial charge in [-0.1, -0.05) is 12.1 Å². The van der Waals surface area contributed by atoms with Crippen molar-refractivity contribution in [3.05, 3.63) is 68.0 Å². The van der Waals surface area contributed by atoms with Gasteiger partial charge >= 0.3 is 5.69 Å². The molecular formula is C20H23N3O4. The van der Waals surface area contributed by atoms with Crippen LogP contribution in [0.2, 0.25) is 0 Å². The van der Waals surface area contributed by atoms with E-state index in [0.29, 0.717) is 5.56 Å². The normalized spacial score (nSPS) is 14.2. The molecule has 1 fully saturated rings. The topological polar surface area (TPSA) is 81.4 Å². The van der Waals surface area contributed by atoms with Gasteiger partial charge in [-0.2, -0.15) is 0 Å². The van der Waals surface area contributed by atoms with Gasteiger partial charge in [-0.25, -0.2) is 4.79 Å². The number of aromatic nitrogens is 2. The molecule has 1 saturated heterocycles. The minimum absolute atomic E-state index is 0.00576. The van der Waals surface area contributed by atoms with E-state index in [-0.39, 0.29) is 18.0 Å². The Morgan fingerprint density at radius 3 is 2.44 bits per heavy atom. The second kappa shape index (κ2) is 7.73. The molecule has 0 radical (unpaired) electrons. The van der Waals surface area contributed by atoms with Crippen LogP contribution >= 0.6 is 0 Å². The molecule has 2 heterocycles. The molecule has 3 rings (SSSR count). The zero-order chi connectivity index (χ0) is 19.6. The molecule has 0 atom stereocenters. The lowest BCUT2D eigenvalue weighted by Gasteiger charge is -2.26. The maximum atomic E-state index is 12.7. The molecule has 0 bridgehead atoms. The van der Waals surface area contributed by atoms with E-state index in [1.165, 1.54) is 24.7 Å². The highest BCUT2D eigenvalue weighted by Gasteiger charge is 2.18. The fraction of sp³-hybridized carbons (Fsp3) is 0.400. The van der Waals surface area contributed by atoms with E-state index < -0.39 is 17.0 Å². The Morgan fingerprint density at radius 2 is 1.78 bits per heavy atom. The van der Waals surface area contributed by atoms with Crippen LogP contribution in [0.3, 0.4) is 0 Å². The second-order valence-corrected chi connectivity index (χ2v) is 6.93. The largest absolute Gasteiger partial charge is 0.339 e. The third-order valence-corrected chi connectivity index (χ3v) is 4.90. The van der Waals surface area contributed by atoms with E-state index in [2.05, 4.69) is 0 Å². The summed E-state index contributed by atoms with van der Waals surface area (Å²) < 4.78 is 2.25. The van der Waals surface area contributed by atoms with E-state index >= 15 is 0 Å². The van der Waals surface area contributed by atoms with Crippen LogP contribution in [-0.2, 0) is 13.6 Å². The van der Waals surface area contributed by atoms with Crippen molar-refractivity contribution in [2.24, 2.45) is 7.05 Å².